The molecule has 2 heteroatoms. The van der Waals surface area contributed by atoms with Crippen LogP contribution in [0.3, 0.4) is 0 Å². The summed E-state index contributed by atoms with van der Waals surface area (Å²) in [6.07, 6.45) is 38.3. The summed E-state index contributed by atoms with van der Waals surface area (Å²) in [5, 5.41) is 0. The van der Waals surface area contributed by atoms with Gasteiger partial charge >= 0.3 is 5.97 Å². The summed E-state index contributed by atoms with van der Waals surface area (Å²) in [7, 11) is 0. The van der Waals surface area contributed by atoms with Crippen LogP contribution in [-0.2, 0) is 9.53 Å². The summed E-state index contributed by atoms with van der Waals surface area (Å²) in [5.74, 6) is 0.878. The highest BCUT2D eigenvalue weighted by Gasteiger charge is 2.02. The molecule has 0 saturated carbocycles. The van der Waals surface area contributed by atoms with Crippen molar-refractivity contribution < 1.29 is 9.53 Å². The minimum absolute atomic E-state index is 0.0198. The summed E-state index contributed by atoms with van der Waals surface area (Å²) in [4.78, 5) is 11.9. The Morgan fingerprint density at radius 3 is 1.47 bits per heavy atom. The summed E-state index contributed by atoms with van der Waals surface area (Å²) < 4.78 is 5.42. The van der Waals surface area contributed by atoms with Crippen LogP contribution >= 0.6 is 0 Å². The summed E-state index contributed by atoms with van der Waals surface area (Å²) in [5.41, 5.74) is 0. The van der Waals surface area contributed by atoms with Crippen LogP contribution < -0.4 is 0 Å². The lowest BCUT2D eigenvalue weighted by molar-refractivity contribution is -0.143. The van der Waals surface area contributed by atoms with Crippen molar-refractivity contribution >= 4 is 5.97 Å². The predicted molar refractivity (Wildman–Crippen MR) is 161 cm³/mol. The van der Waals surface area contributed by atoms with Crippen LogP contribution in [0.2, 0.25) is 0 Å². The Kier molecular flexibility index (Phi) is 29.8. The van der Waals surface area contributed by atoms with E-state index in [2.05, 4.69) is 32.9 Å². The molecule has 0 N–H and O–H groups in total. The molecule has 0 atom stereocenters. The predicted octanol–water partition coefficient (Wildman–Crippen LogP) is 11.9. The van der Waals surface area contributed by atoms with Gasteiger partial charge in [-0.3, -0.25) is 4.79 Å². The Bertz CT molecular complexity index is 454. The number of hydrogen-bond donors (Lipinski definition) is 0. The van der Waals surface area contributed by atoms with Crippen molar-refractivity contribution in [3.63, 3.8) is 0 Å². The zero-order chi connectivity index (χ0) is 26.4. The number of esters is 1. The van der Waals surface area contributed by atoms with Crippen molar-refractivity contribution in [2.75, 3.05) is 6.61 Å². The van der Waals surface area contributed by atoms with Gasteiger partial charge in [-0.25, -0.2) is 0 Å². The van der Waals surface area contributed by atoms with Crippen LogP contribution in [0.5, 0.6) is 0 Å². The molecule has 0 spiro atoms. The van der Waals surface area contributed by atoms with E-state index in [0.717, 1.165) is 18.8 Å². The Morgan fingerprint density at radius 2 is 0.972 bits per heavy atom. The maximum atomic E-state index is 11.9. The number of unbranched alkanes of at least 4 members (excludes halogenated alkanes) is 21. The van der Waals surface area contributed by atoms with Crippen LogP contribution in [0.15, 0.2) is 12.2 Å². The average Bonchev–Trinajstić information content (AvgIpc) is 2.86. The van der Waals surface area contributed by atoms with Gasteiger partial charge in [0.1, 0.15) is 0 Å². The first-order valence-corrected chi connectivity index (χ1v) is 16.5. The van der Waals surface area contributed by atoms with Gasteiger partial charge in [0.05, 0.1) is 6.61 Å². The lowest BCUT2D eigenvalue weighted by Crippen LogP contribution is -2.05. The van der Waals surface area contributed by atoms with Crippen LogP contribution in [0.1, 0.15) is 188 Å². The van der Waals surface area contributed by atoms with Gasteiger partial charge in [-0.1, -0.05) is 155 Å². The molecule has 0 rings (SSSR count). The van der Waals surface area contributed by atoms with Gasteiger partial charge in [0.15, 0.2) is 0 Å². The molecule has 0 aromatic carbocycles. The fourth-order valence-corrected chi connectivity index (χ4v) is 4.84. The fourth-order valence-electron chi connectivity index (χ4n) is 4.84. The molecule has 36 heavy (non-hydrogen) atoms. The second-order valence-corrected chi connectivity index (χ2v) is 11.6. The minimum atomic E-state index is 0.0198. The first-order chi connectivity index (χ1) is 17.7. The minimum Gasteiger partial charge on any atom is -0.466 e. The molecule has 0 heterocycles. The highest BCUT2D eigenvalue weighted by molar-refractivity contribution is 5.69. The highest BCUT2D eigenvalue weighted by Crippen LogP contribution is 2.14. The van der Waals surface area contributed by atoms with E-state index >= 15 is 0 Å². The molecule has 0 aliphatic rings. The van der Waals surface area contributed by atoms with Gasteiger partial charge in [-0.15, -0.1) is 0 Å². The third-order valence-electron chi connectivity index (χ3n) is 7.33. The molecular formula is C34H66O2. The lowest BCUT2D eigenvalue weighted by atomic mass is 10.0. The van der Waals surface area contributed by atoms with Crippen molar-refractivity contribution in [3.05, 3.63) is 12.2 Å². The molecule has 0 saturated heterocycles. The number of hydrogen-bond acceptors (Lipinski definition) is 2. The molecule has 0 unspecified atom stereocenters. The van der Waals surface area contributed by atoms with E-state index in [-0.39, 0.29) is 5.97 Å². The van der Waals surface area contributed by atoms with Crippen molar-refractivity contribution in [1.82, 2.24) is 0 Å². The van der Waals surface area contributed by atoms with E-state index < -0.39 is 0 Å². The Hall–Kier alpha value is -0.790. The summed E-state index contributed by atoms with van der Waals surface area (Å²) >= 11 is 0. The maximum Gasteiger partial charge on any atom is 0.305 e. The molecule has 0 bridgehead atoms. The highest BCUT2D eigenvalue weighted by atomic mass is 16.5. The largest absolute Gasteiger partial charge is 0.466 e. The zero-order valence-electron chi connectivity index (χ0n) is 25.1. The summed E-state index contributed by atoms with van der Waals surface area (Å²) in [6, 6.07) is 0. The van der Waals surface area contributed by atoms with Crippen LogP contribution in [0, 0.1) is 5.92 Å². The number of ether oxygens (including phenoxy) is 1. The molecule has 214 valence electrons. The molecule has 0 aliphatic heterocycles. The number of carbonyl (C=O) groups is 1. The van der Waals surface area contributed by atoms with E-state index in [0.29, 0.717) is 13.0 Å². The smallest absolute Gasteiger partial charge is 0.305 e. The molecule has 0 aliphatic carbocycles. The number of carbonyl (C=O) groups excluding carboxylic acids is 1. The molecule has 0 fully saturated rings. The Morgan fingerprint density at radius 1 is 0.556 bits per heavy atom. The zero-order valence-corrected chi connectivity index (χ0v) is 25.1. The molecule has 0 radical (unpaired) electrons. The molecule has 0 aromatic rings. The Labute approximate surface area is 227 Å². The SMILES string of the molecule is CCCCCCC=CCCCCCCCCCCCC(=O)OCCCCCCCCCCCC(C)C. The lowest BCUT2D eigenvalue weighted by Gasteiger charge is -2.06. The van der Waals surface area contributed by atoms with Gasteiger partial charge in [0.25, 0.3) is 0 Å². The number of allylic oxidation sites excluding steroid dienone is 2. The second kappa shape index (κ2) is 30.4. The molecular weight excluding hydrogens is 440 g/mol. The van der Waals surface area contributed by atoms with E-state index in [4.69, 9.17) is 4.74 Å². The Balaban J connectivity index is 3.19. The third kappa shape index (κ3) is 31.2. The third-order valence-corrected chi connectivity index (χ3v) is 7.33. The topological polar surface area (TPSA) is 26.3 Å². The van der Waals surface area contributed by atoms with Gasteiger partial charge in [-0.05, 0) is 44.4 Å². The van der Waals surface area contributed by atoms with Crippen molar-refractivity contribution in [3.8, 4) is 0 Å². The quantitative estimate of drug-likeness (QED) is 0.0572. The van der Waals surface area contributed by atoms with Crippen molar-refractivity contribution in [2.45, 2.75) is 188 Å². The van der Waals surface area contributed by atoms with Crippen LogP contribution in [0.4, 0.5) is 0 Å². The normalized spacial score (nSPS) is 11.7. The van der Waals surface area contributed by atoms with E-state index in [1.165, 1.54) is 148 Å². The first-order valence-electron chi connectivity index (χ1n) is 16.5. The second-order valence-electron chi connectivity index (χ2n) is 11.6. The van der Waals surface area contributed by atoms with E-state index in [1.807, 2.05) is 0 Å². The fraction of sp³-hybridized carbons (Fsp3) is 0.912. The van der Waals surface area contributed by atoms with Crippen LogP contribution in [-0.4, -0.2) is 12.6 Å². The average molecular weight is 507 g/mol. The monoisotopic (exact) mass is 507 g/mol. The van der Waals surface area contributed by atoms with Crippen LogP contribution in [0.25, 0.3) is 0 Å². The van der Waals surface area contributed by atoms with Crippen molar-refractivity contribution in [2.24, 2.45) is 5.92 Å². The summed E-state index contributed by atoms with van der Waals surface area (Å²) in [6.45, 7) is 7.54. The standard InChI is InChI=1S/C34H66O2/c1-4-5-6-7-8-9-10-11-12-13-14-15-16-19-22-25-28-31-34(35)36-32-29-26-23-20-17-18-21-24-27-30-33(2)3/h9-10,33H,4-8,11-32H2,1-3H3. The molecule has 2 nitrogen and oxygen atoms in total. The van der Waals surface area contributed by atoms with Gasteiger partial charge in [0.2, 0.25) is 0 Å². The first kappa shape index (κ1) is 35.2. The van der Waals surface area contributed by atoms with E-state index in [9.17, 15) is 4.79 Å². The van der Waals surface area contributed by atoms with Gasteiger partial charge in [-0.2, -0.15) is 0 Å². The van der Waals surface area contributed by atoms with E-state index in [1.54, 1.807) is 0 Å². The molecule has 0 amide bonds. The number of rotatable bonds is 29. The van der Waals surface area contributed by atoms with Crippen molar-refractivity contribution in [1.29, 1.82) is 0 Å². The molecule has 0 aromatic heterocycles. The van der Waals surface area contributed by atoms with Gasteiger partial charge < -0.3 is 4.74 Å². The maximum absolute atomic E-state index is 11.9. The van der Waals surface area contributed by atoms with Gasteiger partial charge in [0, 0.05) is 6.42 Å².